The number of aryl methyl sites for hydroxylation is 1. The van der Waals surface area contributed by atoms with E-state index in [1.165, 1.54) is 0 Å². The van der Waals surface area contributed by atoms with Crippen LogP contribution in [0.1, 0.15) is 18.9 Å². The molecule has 1 aliphatic heterocycles. The molecule has 0 bridgehead atoms. The van der Waals surface area contributed by atoms with Gasteiger partial charge in [-0.15, -0.1) is 0 Å². The largest absolute Gasteiger partial charge is 0.491 e. The van der Waals surface area contributed by atoms with Crippen molar-refractivity contribution in [3.05, 3.63) is 89.3 Å². The summed E-state index contributed by atoms with van der Waals surface area (Å²) in [4.78, 5) is 8.62. The van der Waals surface area contributed by atoms with E-state index in [1.54, 1.807) is 24.7 Å². The van der Waals surface area contributed by atoms with Gasteiger partial charge >= 0.3 is 0 Å². The molecule has 4 aromatic rings. The quantitative estimate of drug-likeness (QED) is 0.283. The van der Waals surface area contributed by atoms with Crippen LogP contribution in [0.2, 0.25) is 10.0 Å². The van der Waals surface area contributed by atoms with E-state index < -0.39 is 5.79 Å². The molecule has 2 aromatic carbocycles. The number of halogens is 2. The molecule has 5 rings (SSSR count). The fourth-order valence-corrected chi connectivity index (χ4v) is 4.73. The molecular formula is C26H26Cl2N4O3. The Morgan fingerprint density at radius 2 is 1.97 bits per heavy atom. The number of nitrogens with zero attached hydrogens (tertiary/aromatic N) is 4. The number of benzene rings is 2. The number of hydrogen-bond acceptors (Lipinski definition) is 5. The summed E-state index contributed by atoms with van der Waals surface area (Å²) in [6.07, 6.45) is 10.0. The Labute approximate surface area is 214 Å². The predicted molar refractivity (Wildman–Crippen MR) is 135 cm³/mol. The van der Waals surface area contributed by atoms with E-state index >= 15 is 0 Å². The van der Waals surface area contributed by atoms with E-state index in [-0.39, 0.29) is 6.10 Å². The van der Waals surface area contributed by atoms with Crippen LogP contribution in [-0.4, -0.2) is 38.4 Å². The number of ether oxygens (including phenoxy) is 3. The molecule has 7 nitrogen and oxygen atoms in total. The van der Waals surface area contributed by atoms with Gasteiger partial charge in [0.15, 0.2) is 0 Å². The van der Waals surface area contributed by atoms with Crippen LogP contribution in [0.15, 0.2) is 73.7 Å². The van der Waals surface area contributed by atoms with Crippen LogP contribution in [0.5, 0.6) is 5.75 Å². The van der Waals surface area contributed by atoms with Crippen molar-refractivity contribution in [2.24, 2.45) is 0 Å². The van der Waals surface area contributed by atoms with Gasteiger partial charge in [0.25, 0.3) is 0 Å². The maximum absolute atomic E-state index is 6.54. The highest BCUT2D eigenvalue weighted by atomic mass is 35.5. The van der Waals surface area contributed by atoms with Gasteiger partial charge in [-0.2, -0.15) is 0 Å². The minimum absolute atomic E-state index is 0.283. The molecule has 9 heteroatoms. The first-order valence-electron chi connectivity index (χ1n) is 11.5. The summed E-state index contributed by atoms with van der Waals surface area (Å²) in [5.41, 5.74) is 2.71. The van der Waals surface area contributed by atoms with E-state index in [9.17, 15) is 0 Å². The molecule has 0 unspecified atom stereocenters. The van der Waals surface area contributed by atoms with Gasteiger partial charge in [-0.1, -0.05) is 36.2 Å². The highest BCUT2D eigenvalue weighted by molar-refractivity contribution is 6.35. The average molecular weight is 513 g/mol. The van der Waals surface area contributed by atoms with E-state index in [2.05, 4.69) is 27.7 Å². The maximum Gasteiger partial charge on any atom is 0.215 e. The molecule has 182 valence electrons. The van der Waals surface area contributed by atoms with E-state index in [4.69, 9.17) is 37.4 Å². The van der Waals surface area contributed by atoms with Crippen molar-refractivity contribution in [2.75, 3.05) is 13.2 Å². The van der Waals surface area contributed by atoms with Gasteiger partial charge in [0.1, 0.15) is 18.5 Å². The third-order valence-corrected chi connectivity index (χ3v) is 6.40. The molecule has 0 N–H and O–H groups in total. The number of rotatable bonds is 9. The Morgan fingerprint density at radius 3 is 2.71 bits per heavy atom. The summed E-state index contributed by atoms with van der Waals surface area (Å²) in [5.74, 6) is -0.320. The minimum Gasteiger partial charge on any atom is -0.491 e. The first-order valence-corrected chi connectivity index (χ1v) is 12.3. The van der Waals surface area contributed by atoms with Crippen molar-refractivity contribution in [1.29, 1.82) is 0 Å². The summed E-state index contributed by atoms with van der Waals surface area (Å²) in [6, 6.07) is 13.2. The molecule has 0 saturated carbocycles. The Kier molecular flexibility index (Phi) is 7.11. The van der Waals surface area contributed by atoms with E-state index in [0.717, 1.165) is 30.0 Å². The Balaban J connectivity index is 1.26. The number of hydrogen-bond donors (Lipinski definition) is 0. The molecule has 2 atom stereocenters. The molecule has 1 aliphatic rings. The predicted octanol–water partition coefficient (Wildman–Crippen LogP) is 5.81. The molecule has 35 heavy (non-hydrogen) atoms. The van der Waals surface area contributed by atoms with Crippen LogP contribution >= 0.6 is 23.2 Å². The zero-order valence-electron chi connectivity index (χ0n) is 19.3. The second-order valence-corrected chi connectivity index (χ2v) is 9.34. The van der Waals surface area contributed by atoms with Gasteiger partial charge in [-0.25, -0.2) is 9.97 Å². The number of imidazole rings is 2. The fraction of sp³-hybridized carbons (Fsp3) is 0.308. The van der Waals surface area contributed by atoms with E-state index in [0.29, 0.717) is 35.4 Å². The Bertz CT molecular complexity index is 1260. The second kappa shape index (κ2) is 10.4. The Hall–Kier alpha value is -2.84. The van der Waals surface area contributed by atoms with Gasteiger partial charge in [-0.05, 0) is 42.8 Å². The van der Waals surface area contributed by atoms with Crippen LogP contribution in [0, 0.1) is 0 Å². The van der Waals surface area contributed by atoms with Crippen molar-refractivity contribution in [3.8, 4) is 17.0 Å². The van der Waals surface area contributed by atoms with Crippen molar-refractivity contribution in [2.45, 2.75) is 38.3 Å². The minimum atomic E-state index is -1.07. The monoisotopic (exact) mass is 512 g/mol. The molecule has 1 fully saturated rings. The highest BCUT2D eigenvalue weighted by Gasteiger charge is 2.45. The maximum atomic E-state index is 6.54. The average Bonchev–Trinajstić information content (AvgIpc) is 3.61. The third kappa shape index (κ3) is 5.38. The molecule has 0 aliphatic carbocycles. The summed E-state index contributed by atoms with van der Waals surface area (Å²) in [6.45, 7) is 4.20. The van der Waals surface area contributed by atoms with Gasteiger partial charge in [0, 0.05) is 41.3 Å². The molecule has 2 aromatic heterocycles. The Morgan fingerprint density at radius 1 is 1.11 bits per heavy atom. The summed E-state index contributed by atoms with van der Waals surface area (Å²) >= 11 is 12.7. The summed E-state index contributed by atoms with van der Waals surface area (Å²) in [7, 11) is 0. The van der Waals surface area contributed by atoms with Crippen molar-refractivity contribution in [1.82, 2.24) is 19.1 Å². The lowest BCUT2D eigenvalue weighted by molar-refractivity contribution is -0.189. The first kappa shape index (κ1) is 23.9. The van der Waals surface area contributed by atoms with Crippen LogP contribution in [-0.2, 0) is 28.4 Å². The van der Waals surface area contributed by atoms with E-state index in [1.807, 2.05) is 47.4 Å². The molecule has 0 amide bonds. The second-order valence-electron chi connectivity index (χ2n) is 8.50. The molecule has 0 spiro atoms. The zero-order chi connectivity index (χ0) is 24.3. The molecule has 3 heterocycles. The van der Waals surface area contributed by atoms with Crippen molar-refractivity contribution < 1.29 is 14.2 Å². The third-order valence-electron chi connectivity index (χ3n) is 5.85. The summed E-state index contributed by atoms with van der Waals surface area (Å²) in [5, 5.41) is 1.03. The topological polar surface area (TPSA) is 63.3 Å². The molecule has 1 saturated heterocycles. The first-order chi connectivity index (χ1) is 17.0. The zero-order valence-corrected chi connectivity index (χ0v) is 20.8. The SMILES string of the molecule is CCCn1cnc(-c2ccc(OC[C@@H]3CO[C@@](Cn4ccnc4)(c4ccc(Cl)cc4Cl)O3)cc2)c1. The lowest BCUT2D eigenvalue weighted by atomic mass is 10.1. The van der Waals surface area contributed by atoms with Gasteiger partial charge in [0.2, 0.25) is 5.79 Å². The fourth-order valence-electron chi connectivity index (χ4n) is 4.18. The highest BCUT2D eigenvalue weighted by Crippen LogP contribution is 2.40. The summed E-state index contributed by atoms with van der Waals surface area (Å²) < 4.78 is 22.7. The van der Waals surface area contributed by atoms with Crippen LogP contribution < -0.4 is 4.74 Å². The van der Waals surface area contributed by atoms with Crippen molar-refractivity contribution in [3.63, 3.8) is 0 Å². The van der Waals surface area contributed by atoms with Gasteiger partial charge in [-0.3, -0.25) is 0 Å². The van der Waals surface area contributed by atoms with Crippen LogP contribution in [0.3, 0.4) is 0 Å². The lowest BCUT2D eigenvalue weighted by Gasteiger charge is -2.30. The normalized spacial score (nSPS) is 19.8. The molecular weight excluding hydrogens is 487 g/mol. The standard InChI is InChI=1S/C26H26Cl2N4O3/c1-2-10-31-13-25(30-18-31)19-3-6-21(7-4-19)33-14-22-15-34-26(35-22,16-32-11-9-29-17-32)23-8-5-20(27)12-24(23)28/h3-9,11-13,17-18,22H,2,10,14-16H2,1H3/t22-,26-/m1/s1. The van der Waals surface area contributed by atoms with Crippen molar-refractivity contribution >= 4 is 23.2 Å². The van der Waals surface area contributed by atoms with Gasteiger partial charge < -0.3 is 23.3 Å². The lowest BCUT2D eigenvalue weighted by Crippen LogP contribution is -2.34. The smallest absolute Gasteiger partial charge is 0.215 e. The van der Waals surface area contributed by atoms with Gasteiger partial charge in [0.05, 0.1) is 36.5 Å². The van der Waals surface area contributed by atoms with Crippen LogP contribution in [0.25, 0.3) is 11.3 Å². The van der Waals surface area contributed by atoms with Crippen LogP contribution in [0.4, 0.5) is 0 Å². The molecule has 0 radical (unpaired) electrons. The number of aromatic nitrogens is 4.